The van der Waals surface area contributed by atoms with E-state index in [2.05, 4.69) is 20.9 Å². The predicted octanol–water partition coefficient (Wildman–Crippen LogP) is 5.27. The molecule has 3 aromatic carbocycles. The molecule has 6 nitrogen and oxygen atoms in total. The van der Waals surface area contributed by atoms with Gasteiger partial charge in [-0.15, -0.1) is 0 Å². The van der Waals surface area contributed by atoms with E-state index in [1.807, 2.05) is 42.5 Å². The quantitative estimate of drug-likeness (QED) is 0.283. The van der Waals surface area contributed by atoms with E-state index in [-0.39, 0.29) is 29.7 Å². The standard InChI is InChI=1S/C24H18BrNO5/c1-3-21(27)30-22-18(25)11-14(13-20(22)29-2)12-19-24(28)31-23(26-19)17-10-6-8-15-7-4-5-9-16(15)17/h4-13H,3H2,1-2H3/b19-12-. The lowest BCUT2D eigenvalue weighted by atomic mass is 10.0. The predicted molar refractivity (Wildman–Crippen MR) is 121 cm³/mol. The summed E-state index contributed by atoms with van der Waals surface area (Å²) in [5.41, 5.74) is 1.54. The van der Waals surface area contributed by atoms with Crippen LogP contribution in [0.5, 0.6) is 11.5 Å². The maximum absolute atomic E-state index is 12.5. The van der Waals surface area contributed by atoms with Crippen molar-refractivity contribution >= 4 is 50.6 Å². The molecule has 0 saturated heterocycles. The van der Waals surface area contributed by atoms with Crippen LogP contribution in [0.25, 0.3) is 16.8 Å². The monoisotopic (exact) mass is 479 g/mol. The van der Waals surface area contributed by atoms with Crippen molar-refractivity contribution in [3.05, 3.63) is 75.9 Å². The van der Waals surface area contributed by atoms with E-state index in [0.717, 1.165) is 16.3 Å². The highest BCUT2D eigenvalue weighted by Gasteiger charge is 2.25. The normalized spacial score (nSPS) is 14.5. The molecule has 0 spiro atoms. The van der Waals surface area contributed by atoms with Gasteiger partial charge in [0.1, 0.15) is 0 Å². The van der Waals surface area contributed by atoms with Gasteiger partial charge in [-0.25, -0.2) is 9.79 Å². The zero-order valence-electron chi connectivity index (χ0n) is 16.8. The molecule has 156 valence electrons. The molecule has 0 aliphatic carbocycles. The minimum absolute atomic E-state index is 0.162. The van der Waals surface area contributed by atoms with E-state index < -0.39 is 5.97 Å². The van der Waals surface area contributed by atoms with Gasteiger partial charge >= 0.3 is 11.9 Å². The summed E-state index contributed by atoms with van der Waals surface area (Å²) in [6.45, 7) is 1.71. The zero-order chi connectivity index (χ0) is 22.0. The number of aliphatic imine (C=N–C) groups is 1. The fourth-order valence-electron chi connectivity index (χ4n) is 3.20. The SMILES string of the molecule is CCC(=O)Oc1c(Br)cc(/C=C2\N=C(c3cccc4ccccc34)OC2=O)cc1OC. The van der Waals surface area contributed by atoms with Gasteiger partial charge in [-0.3, -0.25) is 4.79 Å². The lowest BCUT2D eigenvalue weighted by Gasteiger charge is -2.11. The van der Waals surface area contributed by atoms with Gasteiger partial charge in [-0.1, -0.05) is 43.3 Å². The Morgan fingerprint density at radius 3 is 2.71 bits per heavy atom. The van der Waals surface area contributed by atoms with E-state index in [4.69, 9.17) is 14.2 Å². The first kappa shape index (κ1) is 20.8. The van der Waals surface area contributed by atoms with Gasteiger partial charge in [-0.05, 0) is 56.5 Å². The number of nitrogens with zero attached hydrogens (tertiary/aromatic N) is 1. The molecule has 0 amide bonds. The number of benzene rings is 3. The maximum Gasteiger partial charge on any atom is 0.363 e. The molecule has 4 rings (SSSR count). The fourth-order valence-corrected chi connectivity index (χ4v) is 3.74. The molecule has 1 aliphatic rings. The van der Waals surface area contributed by atoms with E-state index in [1.54, 1.807) is 25.1 Å². The third kappa shape index (κ3) is 4.22. The third-order valence-electron chi connectivity index (χ3n) is 4.70. The molecule has 7 heteroatoms. The van der Waals surface area contributed by atoms with E-state index >= 15 is 0 Å². The second-order valence-corrected chi connectivity index (χ2v) is 7.58. The molecular weight excluding hydrogens is 462 g/mol. The van der Waals surface area contributed by atoms with Crippen LogP contribution in [0.2, 0.25) is 0 Å². The zero-order valence-corrected chi connectivity index (χ0v) is 18.4. The molecular formula is C24H18BrNO5. The lowest BCUT2D eigenvalue weighted by molar-refractivity contribution is -0.134. The molecule has 0 radical (unpaired) electrons. The van der Waals surface area contributed by atoms with E-state index in [1.165, 1.54) is 7.11 Å². The molecule has 0 unspecified atom stereocenters. The van der Waals surface area contributed by atoms with Gasteiger partial charge < -0.3 is 14.2 Å². The minimum atomic E-state index is -0.542. The van der Waals surface area contributed by atoms with Gasteiger partial charge in [0.05, 0.1) is 11.6 Å². The number of cyclic esters (lactones) is 1. The third-order valence-corrected chi connectivity index (χ3v) is 5.29. The number of halogens is 1. The Labute approximate surface area is 187 Å². The molecule has 1 aliphatic heterocycles. The van der Waals surface area contributed by atoms with Crippen molar-refractivity contribution in [2.75, 3.05) is 7.11 Å². The van der Waals surface area contributed by atoms with Gasteiger partial charge in [0, 0.05) is 12.0 Å². The molecule has 1 heterocycles. The Morgan fingerprint density at radius 1 is 1.16 bits per heavy atom. The largest absolute Gasteiger partial charge is 0.493 e. The number of fused-ring (bicyclic) bond motifs is 1. The van der Waals surface area contributed by atoms with Crippen LogP contribution in [0.3, 0.4) is 0 Å². The highest BCUT2D eigenvalue weighted by molar-refractivity contribution is 9.10. The Kier molecular flexibility index (Phi) is 5.86. The number of hydrogen-bond donors (Lipinski definition) is 0. The smallest absolute Gasteiger partial charge is 0.363 e. The van der Waals surface area contributed by atoms with Crippen LogP contribution in [0.1, 0.15) is 24.5 Å². The van der Waals surface area contributed by atoms with Crippen molar-refractivity contribution in [3.63, 3.8) is 0 Å². The summed E-state index contributed by atoms with van der Waals surface area (Å²) in [5, 5.41) is 1.98. The van der Waals surface area contributed by atoms with Crippen LogP contribution >= 0.6 is 15.9 Å². The number of carbonyl (C=O) groups is 2. The van der Waals surface area contributed by atoms with Gasteiger partial charge in [0.15, 0.2) is 17.2 Å². The van der Waals surface area contributed by atoms with Crippen LogP contribution in [-0.4, -0.2) is 24.9 Å². The molecule has 31 heavy (non-hydrogen) atoms. The molecule has 0 aromatic heterocycles. The highest BCUT2D eigenvalue weighted by atomic mass is 79.9. The molecule has 0 atom stereocenters. The first-order valence-electron chi connectivity index (χ1n) is 9.59. The van der Waals surface area contributed by atoms with Crippen LogP contribution in [0, 0.1) is 0 Å². The molecule has 0 N–H and O–H groups in total. The Bertz CT molecular complexity index is 1260. The number of methoxy groups -OCH3 is 1. The number of carbonyl (C=O) groups excluding carboxylic acids is 2. The lowest BCUT2D eigenvalue weighted by Crippen LogP contribution is -2.07. The Balaban J connectivity index is 1.72. The number of esters is 2. The highest BCUT2D eigenvalue weighted by Crippen LogP contribution is 2.38. The average Bonchev–Trinajstić information content (AvgIpc) is 3.14. The first-order valence-corrected chi connectivity index (χ1v) is 10.4. The van der Waals surface area contributed by atoms with Crippen molar-refractivity contribution in [1.29, 1.82) is 0 Å². The number of hydrogen-bond acceptors (Lipinski definition) is 6. The summed E-state index contributed by atoms with van der Waals surface area (Å²) >= 11 is 3.40. The summed E-state index contributed by atoms with van der Waals surface area (Å²) in [4.78, 5) is 28.6. The summed E-state index contributed by atoms with van der Waals surface area (Å²) in [7, 11) is 1.47. The van der Waals surface area contributed by atoms with Crippen molar-refractivity contribution < 1.29 is 23.8 Å². The summed E-state index contributed by atoms with van der Waals surface area (Å²) in [6.07, 6.45) is 1.83. The van der Waals surface area contributed by atoms with Crippen LogP contribution in [-0.2, 0) is 14.3 Å². The number of rotatable bonds is 5. The summed E-state index contributed by atoms with van der Waals surface area (Å²) < 4.78 is 16.6. The van der Waals surface area contributed by atoms with Crippen LogP contribution in [0.4, 0.5) is 0 Å². The molecule has 0 fully saturated rings. The molecule has 0 bridgehead atoms. The average molecular weight is 480 g/mol. The van der Waals surface area contributed by atoms with E-state index in [0.29, 0.717) is 15.8 Å². The molecule has 0 saturated carbocycles. The van der Waals surface area contributed by atoms with E-state index in [9.17, 15) is 9.59 Å². The minimum Gasteiger partial charge on any atom is -0.493 e. The first-order chi connectivity index (χ1) is 15.0. The number of ether oxygens (including phenoxy) is 3. The topological polar surface area (TPSA) is 74.2 Å². The van der Waals surface area contributed by atoms with Gasteiger partial charge in [0.25, 0.3) is 0 Å². The Hall–Kier alpha value is -3.45. The summed E-state index contributed by atoms with van der Waals surface area (Å²) in [6, 6.07) is 17.0. The van der Waals surface area contributed by atoms with Crippen molar-refractivity contribution in [2.24, 2.45) is 4.99 Å². The fraction of sp³-hybridized carbons (Fsp3) is 0.125. The molecule has 3 aromatic rings. The van der Waals surface area contributed by atoms with Crippen molar-refractivity contribution in [1.82, 2.24) is 0 Å². The second-order valence-electron chi connectivity index (χ2n) is 6.72. The van der Waals surface area contributed by atoms with Gasteiger partial charge in [0.2, 0.25) is 5.90 Å². The Morgan fingerprint density at radius 2 is 1.94 bits per heavy atom. The second kappa shape index (κ2) is 8.73. The maximum atomic E-state index is 12.5. The van der Waals surface area contributed by atoms with Crippen molar-refractivity contribution in [2.45, 2.75) is 13.3 Å². The van der Waals surface area contributed by atoms with Gasteiger partial charge in [-0.2, -0.15) is 0 Å². The van der Waals surface area contributed by atoms with Crippen LogP contribution in [0.15, 0.2) is 69.8 Å². The van der Waals surface area contributed by atoms with Crippen molar-refractivity contribution in [3.8, 4) is 11.5 Å². The summed E-state index contributed by atoms with van der Waals surface area (Å²) in [5.74, 6) is -0.0287. The van der Waals surface area contributed by atoms with Crippen LogP contribution < -0.4 is 9.47 Å².